The van der Waals surface area contributed by atoms with Gasteiger partial charge in [-0.2, -0.15) is 0 Å². The molecule has 0 aliphatic carbocycles. The van der Waals surface area contributed by atoms with Crippen LogP contribution in [0.1, 0.15) is 29.3 Å². The number of benzene rings is 2. The fraction of sp³-hybridized carbons (Fsp3) is 0.269. The molecule has 8 nitrogen and oxygen atoms in total. The molecule has 0 saturated carbocycles. The van der Waals surface area contributed by atoms with Crippen LogP contribution >= 0.6 is 0 Å². The highest BCUT2D eigenvalue weighted by Crippen LogP contribution is 2.33. The van der Waals surface area contributed by atoms with Crippen molar-refractivity contribution in [2.24, 2.45) is 0 Å². The molecule has 0 spiro atoms. The van der Waals surface area contributed by atoms with E-state index < -0.39 is 23.1 Å². The smallest absolute Gasteiger partial charge is 0.274 e. The Labute approximate surface area is 201 Å². The summed E-state index contributed by atoms with van der Waals surface area (Å²) in [7, 11) is 1.49. The van der Waals surface area contributed by atoms with Crippen molar-refractivity contribution < 1.29 is 23.5 Å². The predicted molar refractivity (Wildman–Crippen MR) is 125 cm³/mol. The lowest BCUT2D eigenvalue weighted by Gasteiger charge is -2.35. The van der Waals surface area contributed by atoms with Crippen molar-refractivity contribution in [3.05, 3.63) is 76.9 Å². The summed E-state index contributed by atoms with van der Waals surface area (Å²) in [6, 6.07) is 12.3. The summed E-state index contributed by atoms with van der Waals surface area (Å²) in [6.07, 6.45) is 1.36. The molecule has 1 aromatic heterocycles. The van der Waals surface area contributed by atoms with E-state index in [1.54, 1.807) is 42.5 Å². The quantitative estimate of drug-likeness (QED) is 0.500. The van der Waals surface area contributed by atoms with Crippen LogP contribution in [0, 0.1) is 5.82 Å². The summed E-state index contributed by atoms with van der Waals surface area (Å²) in [4.78, 5) is 48.6. The summed E-state index contributed by atoms with van der Waals surface area (Å²) in [5, 5.41) is 3.06. The first-order valence-corrected chi connectivity index (χ1v) is 11.2. The number of nitrogens with one attached hydrogen (secondary N) is 1. The highest BCUT2D eigenvalue weighted by atomic mass is 19.1. The second-order valence-corrected chi connectivity index (χ2v) is 9.04. The maximum Gasteiger partial charge on any atom is 0.274 e. The average Bonchev–Trinajstić information content (AvgIpc) is 2.81. The van der Waals surface area contributed by atoms with Crippen LogP contribution in [0.4, 0.5) is 16.0 Å². The summed E-state index contributed by atoms with van der Waals surface area (Å²) in [5.41, 5.74) is 1.17. The Morgan fingerprint density at radius 2 is 1.86 bits per heavy atom. The van der Waals surface area contributed by atoms with Gasteiger partial charge in [-0.1, -0.05) is 24.3 Å². The number of aromatic nitrogens is 2. The summed E-state index contributed by atoms with van der Waals surface area (Å²) < 4.78 is 20.4. The number of likely N-dealkylation sites (N-methyl/N-ethyl adjacent to an activating group) is 1. The van der Waals surface area contributed by atoms with Gasteiger partial charge in [-0.05, 0) is 36.2 Å². The molecule has 0 unspecified atom stereocenters. The SMILES string of the molecule is CN1CC(=O)Cc2cccc(c2)Nc2ncc(F)c(n2)Cc2ccc3c(c2)CC(=O)[C@](C)(O3)C1=O. The Hall–Kier alpha value is -4.14. The van der Waals surface area contributed by atoms with Gasteiger partial charge in [0.25, 0.3) is 5.91 Å². The summed E-state index contributed by atoms with van der Waals surface area (Å²) >= 11 is 0. The Bertz CT molecular complexity index is 1380. The zero-order valence-electron chi connectivity index (χ0n) is 19.3. The van der Waals surface area contributed by atoms with Crippen molar-refractivity contribution >= 4 is 29.1 Å². The number of hydrogen-bond donors (Lipinski definition) is 1. The molecule has 1 N–H and O–H groups in total. The monoisotopic (exact) mass is 474 g/mol. The van der Waals surface area contributed by atoms with Crippen LogP contribution < -0.4 is 10.1 Å². The molecule has 0 fully saturated rings. The third-order valence-electron chi connectivity index (χ3n) is 6.26. The number of ether oxygens (including phenoxy) is 1. The van der Waals surface area contributed by atoms with Crippen LogP contribution in [0.2, 0.25) is 0 Å². The number of ketones is 2. The molecule has 0 saturated heterocycles. The number of halogens is 1. The minimum absolute atomic E-state index is 0.0158. The van der Waals surface area contributed by atoms with Crippen molar-refractivity contribution in [3.8, 4) is 5.75 Å². The van der Waals surface area contributed by atoms with Crippen molar-refractivity contribution in [3.63, 3.8) is 0 Å². The van der Waals surface area contributed by atoms with Crippen LogP contribution in [0.5, 0.6) is 5.75 Å². The maximum atomic E-state index is 14.5. The standard InChI is InChI=1S/C26H23FN4O4/c1-26-23(33)12-17-8-16(6-7-22(17)35-26)11-21-20(27)13-28-25(30-21)29-18-5-3-4-15(9-18)10-19(32)14-31(2)24(26)34/h3-9,13H,10-12,14H2,1-2H3,(H,28,29,30)/t26-/m0/s1. The van der Waals surface area contributed by atoms with Crippen LogP contribution in [0.25, 0.3) is 0 Å². The lowest BCUT2D eigenvalue weighted by Crippen LogP contribution is -2.58. The predicted octanol–water partition coefficient (Wildman–Crippen LogP) is 2.80. The summed E-state index contributed by atoms with van der Waals surface area (Å²) in [6.45, 7) is 1.27. The topological polar surface area (TPSA) is 101 Å². The zero-order chi connectivity index (χ0) is 24.7. The molecular weight excluding hydrogens is 451 g/mol. The van der Waals surface area contributed by atoms with Gasteiger partial charge in [0.05, 0.1) is 18.4 Å². The van der Waals surface area contributed by atoms with Crippen LogP contribution in [0.15, 0.2) is 48.7 Å². The number of Topliss-reactive ketones (excluding diaryl/α,β-unsaturated/α-hetero) is 2. The van der Waals surface area contributed by atoms with E-state index in [0.717, 1.165) is 17.3 Å². The molecule has 35 heavy (non-hydrogen) atoms. The normalized spacial score (nSPS) is 20.1. The first-order valence-electron chi connectivity index (χ1n) is 11.2. The van der Waals surface area contributed by atoms with E-state index >= 15 is 0 Å². The van der Waals surface area contributed by atoms with E-state index in [0.29, 0.717) is 17.0 Å². The number of nitrogens with zero attached hydrogens (tertiary/aromatic N) is 3. The third kappa shape index (κ3) is 4.37. The van der Waals surface area contributed by atoms with Gasteiger partial charge >= 0.3 is 0 Å². The van der Waals surface area contributed by atoms with Gasteiger partial charge in [0, 0.05) is 37.6 Å². The highest BCUT2D eigenvalue weighted by Gasteiger charge is 2.48. The van der Waals surface area contributed by atoms with Gasteiger partial charge in [-0.15, -0.1) is 0 Å². The van der Waals surface area contributed by atoms with Crippen molar-refractivity contribution in [1.29, 1.82) is 0 Å². The minimum Gasteiger partial charge on any atom is -0.469 e. The Balaban J connectivity index is 1.58. The second kappa shape index (κ2) is 8.57. The molecule has 8 bridgehead atoms. The Morgan fingerprint density at radius 1 is 1.06 bits per heavy atom. The van der Waals surface area contributed by atoms with Gasteiger partial charge in [0.2, 0.25) is 11.5 Å². The van der Waals surface area contributed by atoms with Crippen LogP contribution in [-0.2, 0) is 33.6 Å². The van der Waals surface area contributed by atoms with Gasteiger partial charge in [0.15, 0.2) is 17.4 Å². The van der Waals surface area contributed by atoms with Crippen molar-refractivity contribution in [2.75, 3.05) is 18.9 Å². The molecule has 5 heterocycles. The van der Waals surface area contributed by atoms with E-state index in [1.165, 1.54) is 18.9 Å². The van der Waals surface area contributed by atoms with E-state index in [1.807, 2.05) is 0 Å². The Kier molecular flexibility index (Phi) is 5.55. The Morgan fingerprint density at radius 3 is 2.69 bits per heavy atom. The van der Waals surface area contributed by atoms with Crippen molar-refractivity contribution in [1.82, 2.24) is 14.9 Å². The van der Waals surface area contributed by atoms with Crippen molar-refractivity contribution in [2.45, 2.75) is 31.8 Å². The molecule has 3 aromatic rings. The van der Waals surface area contributed by atoms with E-state index in [-0.39, 0.29) is 43.2 Å². The minimum atomic E-state index is -1.73. The van der Waals surface area contributed by atoms with E-state index in [2.05, 4.69) is 15.3 Å². The average molecular weight is 474 g/mol. The summed E-state index contributed by atoms with van der Waals surface area (Å²) in [5.74, 6) is -1.10. The largest absolute Gasteiger partial charge is 0.469 e. The van der Waals surface area contributed by atoms with Gasteiger partial charge in [-0.3, -0.25) is 14.4 Å². The first kappa shape index (κ1) is 22.6. The van der Waals surface area contributed by atoms with E-state index in [4.69, 9.17) is 4.74 Å². The number of carbonyl (C=O) groups excluding carboxylic acids is 3. The van der Waals surface area contributed by atoms with Gasteiger partial charge in [0.1, 0.15) is 5.75 Å². The molecule has 2 aromatic carbocycles. The number of anilines is 2. The number of fused-ring (bicyclic) bond motifs is 2. The fourth-order valence-corrected chi connectivity index (χ4v) is 4.41. The van der Waals surface area contributed by atoms with Gasteiger partial charge in [-0.25, -0.2) is 14.4 Å². The maximum absolute atomic E-state index is 14.5. The number of rotatable bonds is 0. The molecule has 1 atom stereocenters. The molecular formula is C26H23FN4O4. The second-order valence-electron chi connectivity index (χ2n) is 9.04. The number of carbonyl (C=O) groups is 3. The molecule has 0 radical (unpaired) electrons. The molecule has 1 amide bonds. The lowest BCUT2D eigenvalue weighted by atomic mass is 9.88. The van der Waals surface area contributed by atoms with Crippen LogP contribution in [-0.4, -0.2) is 51.5 Å². The molecule has 178 valence electrons. The first-order chi connectivity index (χ1) is 16.7. The molecule has 9 heteroatoms. The van der Waals surface area contributed by atoms with E-state index in [9.17, 15) is 18.8 Å². The highest BCUT2D eigenvalue weighted by molar-refractivity contribution is 6.11. The molecule has 7 rings (SSSR count). The molecule has 4 aliphatic heterocycles. The zero-order valence-corrected chi connectivity index (χ0v) is 19.3. The fourth-order valence-electron chi connectivity index (χ4n) is 4.41. The van der Waals surface area contributed by atoms with Gasteiger partial charge < -0.3 is 15.0 Å². The third-order valence-corrected chi connectivity index (χ3v) is 6.26. The van der Waals surface area contributed by atoms with Crippen LogP contribution in [0.3, 0.4) is 0 Å². The lowest BCUT2D eigenvalue weighted by molar-refractivity contribution is -0.156. The molecule has 4 aliphatic rings. The number of amides is 1. The number of hydrogen-bond acceptors (Lipinski definition) is 7.